The van der Waals surface area contributed by atoms with Crippen LogP contribution in [0.5, 0.6) is 11.5 Å². The summed E-state index contributed by atoms with van der Waals surface area (Å²) in [5, 5.41) is 56.5. The number of nitrogens with one attached hydrogen (secondary N) is 6. The first-order valence-electron chi connectivity index (χ1n) is 24.6. The van der Waals surface area contributed by atoms with Crippen molar-refractivity contribution in [3.05, 3.63) is 95.5 Å². The number of hydrazine groups is 1. The molecule has 3 heterocycles. The third kappa shape index (κ3) is 15.7. The number of hydrogen-bond donors (Lipinski definition) is 12. The highest BCUT2D eigenvalue weighted by molar-refractivity contribution is 7.95. The van der Waals surface area contributed by atoms with Gasteiger partial charge < -0.3 is 36.0 Å². The number of amides is 1. The highest BCUT2D eigenvalue weighted by Gasteiger charge is 2.26. The number of benzene rings is 6. The van der Waals surface area contributed by atoms with Crippen LogP contribution in [0, 0.1) is 0 Å². The van der Waals surface area contributed by atoms with Gasteiger partial charge in [0.05, 0.1) is 74.3 Å². The zero-order valence-corrected chi connectivity index (χ0v) is 50.3. The second kappa shape index (κ2) is 27.6. The molecule has 12 N–H and O–H groups in total. The van der Waals surface area contributed by atoms with E-state index in [1.165, 1.54) is 74.7 Å². The van der Waals surface area contributed by atoms with Gasteiger partial charge in [-0.2, -0.15) is 55.2 Å². The average molecular weight is 1350 g/mol. The number of rotatable bonds is 25. The van der Waals surface area contributed by atoms with E-state index in [2.05, 4.69) is 91.6 Å². The normalized spacial score (nSPS) is 13.3. The van der Waals surface area contributed by atoms with E-state index in [0.29, 0.717) is 51.3 Å². The maximum atomic E-state index is 12.6. The Labute approximate surface area is 515 Å². The summed E-state index contributed by atoms with van der Waals surface area (Å²) in [6, 6.07) is 18.2. The van der Waals surface area contributed by atoms with Crippen molar-refractivity contribution in [1.82, 2.24) is 34.8 Å². The third-order valence-corrected chi connectivity index (χ3v) is 16.8. The molecule has 9 rings (SSSR count). The van der Waals surface area contributed by atoms with Crippen LogP contribution in [0.2, 0.25) is 10.6 Å². The highest BCUT2D eigenvalue weighted by Crippen LogP contribution is 2.48. The summed E-state index contributed by atoms with van der Waals surface area (Å²) < 4.78 is 118. The Morgan fingerprint density at radius 3 is 2.02 bits per heavy atom. The molecule has 2 aromatic heterocycles. The highest BCUT2D eigenvalue weighted by atomic mass is 35.5. The maximum absolute atomic E-state index is 12.6. The molecule has 8 aromatic rings. The van der Waals surface area contributed by atoms with Gasteiger partial charge in [-0.05, 0) is 77.1 Å². The molecule has 0 aliphatic carbocycles. The molecule has 0 bridgehead atoms. The summed E-state index contributed by atoms with van der Waals surface area (Å²) in [5.41, 5.74) is 5.97. The number of carbonyl (C=O) groups is 1. The number of anilines is 9. The lowest BCUT2D eigenvalue weighted by Crippen LogP contribution is -2.48. The van der Waals surface area contributed by atoms with Crippen molar-refractivity contribution in [3.63, 3.8) is 0 Å². The first-order chi connectivity index (χ1) is 41.9. The van der Waals surface area contributed by atoms with E-state index in [9.17, 15) is 48.8 Å². The SMILES string of the molecule is COc1cc(NNc2ccc3c(S(=O)(=O)O)cccc3c2SOOO)c(NC(C)=O)cc1Nc1nc(Cl)nc(NCCN2CCN(c3nc(Cl)nc(Nc4cc(S(=O)(=O)O)cc5cc(SOOO)c(N=Nc6ccccc6S(=O)(=O)O)c(O)c45)n3)CC2)n1. The minimum Gasteiger partial charge on any atom is -0.505 e. The van der Waals surface area contributed by atoms with Crippen LogP contribution in [0.3, 0.4) is 0 Å². The molecule has 1 amide bonds. The molecule has 34 nitrogen and oxygen atoms in total. The quantitative estimate of drug-likeness (QED) is 0.00838. The molecular weight excluding hydrogens is 1310 g/mol. The molecule has 464 valence electrons. The topological polar surface area (TPSA) is 468 Å². The fraction of sp³-hybridized carbons (Fsp3) is 0.170. The Morgan fingerprint density at radius 2 is 1.33 bits per heavy atom. The van der Waals surface area contributed by atoms with E-state index >= 15 is 0 Å². The van der Waals surface area contributed by atoms with Crippen molar-refractivity contribution in [3.8, 4) is 11.5 Å². The third-order valence-electron chi connectivity index (χ3n) is 12.4. The zero-order valence-electron chi connectivity index (χ0n) is 44.7. The number of phenols is 1. The molecule has 0 spiro atoms. The van der Waals surface area contributed by atoms with Crippen molar-refractivity contribution in [2.24, 2.45) is 10.2 Å². The van der Waals surface area contributed by atoms with E-state index in [-0.39, 0.29) is 123 Å². The standard InChI is InChI=1S/C47H44Cl2N16O18S5/c1-23(66)51-30-21-32(34(79-2)22-31(30)62-61-29-11-10-26-27(41(29)85-83-81-69)6-5-9-36(26)87(73,74)75)52-45-55-42(48)54-44(58-45)50-12-13-64-14-16-65(17-15-64)47-57-43(49)56-46(59-47)53-33-20-25(86(70,71)72)18-24-19-35(84-82-80-68)39(40(67)38(24)33)63-60-28-7-3-4-8-37(28)88(76,77)78/h3-11,18-22,61-62,67-69H,12-17H2,1-2H3,(H,51,66)(H,70,71,72)(H,73,74,75)(H,76,77,78)(H,53,56,57,59)(H2,50,52,54,55,58). The van der Waals surface area contributed by atoms with E-state index in [0.717, 1.165) is 18.2 Å². The number of halogens is 2. The monoisotopic (exact) mass is 1350 g/mol. The van der Waals surface area contributed by atoms with Crippen molar-refractivity contribution >= 4 is 169 Å². The van der Waals surface area contributed by atoms with Gasteiger partial charge in [-0.3, -0.25) is 34.2 Å². The Morgan fingerprint density at radius 1 is 0.670 bits per heavy atom. The van der Waals surface area contributed by atoms with Crippen LogP contribution in [-0.2, 0) is 53.9 Å². The van der Waals surface area contributed by atoms with Crippen molar-refractivity contribution in [2.75, 3.05) is 83.4 Å². The minimum absolute atomic E-state index is 0.0152. The molecule has 1 aliphatic heterocycles. The van der Waals surface area contributed by atoms with Crippen LogP contribution >= 0.6 is 47.3 Å². The van der Waals surface area contributed by atoms with Gasteiger partial charge in [-0.1, -0.05) is 40.4 Å². The number of methoxy groups -OCH3 is 1. The van der Waals surface area contributed by atoms with Gasteiger partial charge in [0.25, 0.3) is 30.4 Å². The van der Waals surface area contributed by atoms with E-state index in [1.807, 2.05) is 0 Å². The molecule has 0 saturated carbocycles. The summed E-state index contributed by atoms with van der Waals surface area (Å²) in [5.74, 6) is -1.01. The number of azo groups is 1. The number of fused-ring (bicyclic) bond motifs is 2. The van der Waals surface area contributed by atoms with Crippen LogP contribution in [0.15, 0.2) is 120 Å². The number of hydrogen-bond acceptors (Lipinski definition) is 32. The number of piperazine rings is 1. The second-order valence-corrected chi connectivity index (χ2v) is 24.3. The van der Waals surface area contributed by atoms with Crippen LogP contribution in [-0.4, -0.2) is 142 Å². The summed E-state index contributed by atoms with van der Waals surface area (Å²) in [6.07, 6.45) is 0. The van der Waals surface area contributed by atoms with E-state index in [1.54, 1.807) is 11.0 Å². The lowest BCUT2D eigenvalue weighted by Gasteiger charge is -2.34. The molecule has 41 heteroatoms. The van der Waals surface area contributed by atoms with Gasteiger partial charge in [0.15, 0.2) is 5.75 Å². The summed E-state index contributed by atoms with van der Waals surface area (Å²) >= 11 is 13.6. The summed E-state index contributed by atoms with van der Waals surface area (Å²) in [4.78, 5) is 40.6. The first-order valence-corrected chi connectivity index (χ1v) is 31.2. The summed E-state index contributed by atoms with van der Waals surface area (Å²) in [6.45, 7) is 3.78. The number of nitrogens with zero attached hydrogens (tertiary/aromatic N) is 10. The fourth-order valence-corrected chi connectivity index (χ4v) is 11.9. The number of aromatic hydroxyl groups is 1. The fourth-order valence-electron chi connectivity index (χ4n) is 8.68. The molecule has 1 aliphatic rings. The van der Waals surface area contributed by atoms with Crippen LogP contribution < -0.4 is 41.8 Å². The second-order valence-electron chi connectivity index (χ2n) is 18.0. The van der Waals surface area contributed by atoms with Gasteiger partial charge in [0, 0.05) is 68.4 Å². The summed E-state index contributed by atoms with van der Waals surface area (Å²) in [7, 11) is -13.0. The Hall–Kier alpha value is -7.94. The molecule has 1 fully saturated rings. The van der Waals surface area contributed by atoms with Crippen molar-refractivity contribution < 1.29 is 82.8 Å². The van der Waals surface area contributed by atoms with Gasteiger partial charge in [0.2, 0.25) is 40.3 Å². The van der Waals surface area contributed by atoms with E-state index < -0.39 is 57.5 Å². The molecule has 6 aromatic carbocycles. The molecule has 0 radical (unpaired) electrons. The molecular formula is C47H44Cl2N16O18S5. The van der Waals surface area contributed by atoms with Crippen LogP contribution in [0.4, 0.5) is 63.6 Å². The molecule has 0 unspecified atom stereocenters. The lowest BCUT2D eigenvalue weighted by atomic mass is 10.1. The van der Waals surface area contributed by atoms with E-state index in [4.69, 9.17) is 42.8 Å². The Balaban J connectivity index is 0.872. The number of ether oxygens (including phenoxy) is 1. The van der Waals surface area contributed by atoms with Gasteiger partial charge in [0.1, 0.15) is 26.9 Å². The average Bonchev–Trinajstić information content (AvgIpc) is 1.04. The van der Waals surface area contributed by atoms with Crippen molar-refractivity contribution in [2.45, 2.75) is 31.4 Å². The van der Waals surface area contributed by atoms with Gasteiger partial charge in [-0.15, -0.1) is 18.9 Å². The van der Waals surface area contributed by atoms with Crippen molar-refractivity contribution in [1.29, 1.82) is 0 Å². The number of phenolic OH excluding ortho intramolecular Hbond substituents is 1. The predicted molar refractivity (Wildman–Crippen MR) is 319 cm³/mol. The van der Waals surface area contributed by atoms with Gasteiger partial charge in [-0.25, -0.2) is 10.5 Å². The first kappa shape index (κ1) is 64.5. The minimum atomic E-state index is -4.93. The lowest BCUT2D eigenvalue weighted by molar-refractivity contribution is -0.432. The zero-order chi connectivity index (χ0) is 63.1. The Bertz CT molecular complexity index is 4370. The smallest absolute Gasteiger partial charge is 0.296 e. The Kier molecular flexibility index (Phi) is 20.3. The molecule has 1 saturated heterocycles. The maximum Gasteiger partial charge on any atom is 0.296 e. The molecule has 0 atom stereocenters. The molecule has 88 heavy (non-hydrogen) atoms. The number of aromatic nitrogens is 6. The van der Waals surface area contributed by atoms with Gasteiger partial charge >= 0.3 is 0 Å². The largest absolute Gasteiger partial charge is 0.505 e. The predicted octanol–water partition coefficient (Wildman–Crippen LogP) is 8.51. The number of carbonyl (C=O) groups excluding carboxylic acids is 1. The van der Waals surface area contributed by atoms with Crippen LogP contribution in [0.1, 0.15) is 6.92 Å². The van der Waals surface area contributed by atoms with Crippen LogP contribution in [0.25, 0.3) is 21.5 Å².